The molecule has 12 heteroatoms. The van der Waals surface area contributed by atoms with Crippen LogP contribution in [0.3, 0.4) is 0 Å². The maximum Gasteiger partial charge on any atom is 0.271 e. The number of hydrogen-bond donors (Lipinski definition) is 1. The van der Waals surface area contributed by atoms with Gasteiger partial charge < -0.3 is 10.2 Å². The Morgan fingerprint density at radius 1 is 1.24 bits per heavy atom. The molecule has 0 radical (unpaired) electrons. The number of aromatic nitrogens is 2. The SMILES string of the molecule is O=C(CSC1=Nc2c(cnn2-c2ccc(Cl)cc2)C2=NCCCN12)Nc1cccc([N+](=O)[O-])c1. The number of rotatable bonds is 5. The van der Waals surface area contributed by atoms with Crippen LogP contribution in [0.25, 0.3) is 5.69 Å². The van der Waals surface area contributed by atoms with Gasteiger partial charge in [0.2, 0.25) is 5.91 Å². The number of anilines is 1. The number of nitrogens with one attached hydrogen (secondary N) is 1. The summed E-state index contributed by atoms with van der Waals surface area (Å²) >= 11 is 7.31. The summed E-state index contributed by atoms with van der Waals surface area (Å²) in [5, 5.41) is 19.5. The smallest absolute Gasteiger partial charge is 0.271 e. The highest BCUT2D eigenvalue weighted by atomic mass is 35.5. The van der Waals surface area contributed by atoms with Crippen LogP contribution in [-0.2, 0) is 4.79 Å². The Balaban J connectivity index is 1.38. The van der Waals surface area contributed by atoms with Crippen LogP contribution in [0.1, 0.15) is 12.0 Å². The van der Waals surface area contributed by atoms with E-state index in [4.69, 9.17) is 21.6 Å². The Morgan fingerprint density at radius 3 is 2.85 bits per heavy atom. The standard InChI is InChI=1S/C22H18ClN7O3S/c23-14-5-7-16(8-6-14)29-21-18(12-25-29)20-24-9-2-10-28(20)22(27-21)34-13-19(31)26-15-3-1-4-17(11-15)30(32)33/h1,3-8,11-12H,2,9-10,13H2,(H,26,31). The van der Waals surface area contributed by atoms with Gasteiger partial charge in [0.1, 0.15) is 5.84 Å². The van der Waals surface area contributed by atoms with Gasteiger partial charge in [0.25, 0.3) is 5.69 Å². The summed E-state index contributed by atoms with van der Waals surface area (Å²) in [7, 11) is 0. The van der Waals surface area contributed by atoms with Gasteiger partial charge in [0, 0.05) is 35.9 Å². The third-order valence-electron chi connectivity index (χ3n) is 5.22. The number of nitro groups is 1. The van der Waals surface area contributed by atoms with Crippen LogP contribution < -0.4 is 5.32 Å². The van der Waals surface area contributed by atoms with Crippen LogP contribution in [0.5, 0.6) is 0 Å². The molecular weight excluding hydrogens is 478 g/mol. The molecule has 2 aliphatic rings. The zero-order valence-electron chi connectivity index (χ0n) is 17.7. The van der Waals surface area contributed by atoms with Crippen molar-refractivity contribution < 1.29 is 9.72 Å². The second-order valence-electron chi connectivity index (χ2n) is 7.52. The lowest BCUT2D eigenvalue weighted by Gasteiger charge is -2.32. The van der Waals surface area contributed by atoms with Crippen molar-refractivity contribution in [2.45, 2.75) is 6.42 Å². The number of non-ortho nitro benzene ring substituents is 1. The minimum atomic E-state index is -0.500. The summed E-state index contributed by atoms with van der Waals surface area (Å²) in [4.78, 5) is 34.6. The number of aliphatic imine (C=N–C) groups is 2. The first-order chi connectivity index (χ1) is 16.5. The van der Waals surface area contributed by atoms with Crippen molar-refractivity contribution in [3.05, 3.63) is 75.4 Å². The van der Waals surface area contributed by atoms with Crippen LogP contribution in [0, 0.1) is 10.1 Å². The number of nitro benzene ring substituents is 1. The van der Waals surface area contributed by atoms with E-state index in [1.165, 1.54) is 30.0 Å². The molecule has 1 amide bonds. The number of carbonyl (C=O) groups is 1. The van der Waals surface area contributed by atoms with Crippen LogP contribution in [-0.4, -0.2) is 55.4 Å². The first-order valence-corrected chi connectivity index (χ1v) is 11.8. The summed E-state index contributed by atoms with van der Waals surface area (Å²) < 4.78 is 1.73. The zero-order valence-corrected chi connectivity index (χ0v) is 19.3. The molecule has 34 heavy (non-hydrogen) atoms. The minimum Gasteiger partial charge on any atom is -0.325 e. The highest BCUT2D eigenvalue weighted by molar-refractivity contribution is 8.14. The van der Waals surface area contributed by atoms with Gasteiger partial charge in [-0.25, -0.2) is 9.67 Å². The normalized spacial score (nSPS) is 14.6. The molecular formula is C22H18ClN7O3S. The van der Waals surface area contributed by atoms with Crippen molar-refractivity contribution in [3.8, 4) is 5.69 Å². The summed E-state index contributed by atoms with van der Waals surface area (Å²) in [6, 6.07) is 13.1. The van der Waals surface area contributed by atoms with E-state index in [0.29, 0.717) is 28.2 Å². The number of carbonyl (C=O) groups excluding carboxylic acids is 1. The van der Waals surface area contributed by atoms with Crippen molar-refractivity contribution in [1.29, 1.82) is 0 Å². The summed E-state index contributed by atoms with van der Waals surface area (Å²) in [5.41, 5.74) is 1.93. The number of hydrogen-bond acceptors (Lipinski definition) is 8. The van der Waals surface area contributed by atoms with Crippen LogP contribution >= 0.6 is 23.4 Å². The van der Waals surface area contributed by atoms with Crippen molar-refractivity contribution in [3.63, 3.8) is 0 Å². The zero-order chi connectivity index (χ0) is 23.7. The molecule has 172 valence electrons. The van der Waals surface area contributed by atoms with Gasteiger partial charge in [0.05, 0.1) is 28.1 Å². The average Bonchev–Trinajstić information content (AvgIpc) is 3.27. The molecule has 3 heterocycles. The van der Waals surface area contributed by atoms with E-state index in [-0.39, 0.29) is 17.3 Å². The fourth-order valence-electron chi connectivity index (χ4n) is 3.69. The first-order valence-electron chi connectivity index (χ1n) is 10.4. The van der Waals surface area contributed by atoms with E-state index in [9.17, 15) is 14.9 Å². The van der Waals surface area contributed by atoms with Crippen molar-refractivity contribution in [2.24, 2.45) is 9.98 Å². The molecule has 0 spiro atoms. The van der Waals surface area contributed by atoms with Gasteiger partial charge >= 0.3 is 0 Å². The number of benzene rings is 2. The molecule has 5 rings (SSSR count). The number of nitrogens with zero attached hydrogens (tertiary/aromatic N) is 6. The highest BCUT2D eigenvalue weighted by Gasteiger charge is 2.32. The molecule has 0 atom stereocenters. The van der Waals surface area contributed by atoms with Crippen molar-refractivity contribution in [2.75, 3.05) is 24.2 Å². The van der Waals surface area contributed by atoms with E-state index in [0.717, 1.165) is 30.1 Å². The second-order valence-corrected chi connectivity index (χ2v) is 8.90. The fraction of sp³-hybridized carbons (Fsp3) is 0.182. The maximum atomic E-state index is 12.6. The Hall–Kier alpha value is -3.70. The molecule has 0 bridgehead atoms. The predicted molar refractivity (Wildman–Crippen MR) is 133 cm³/mol. The van der Waals surface area contributed by atoms with E-state index in [1.807, 2.05) is 17.0 Å². The summed E-state index contributed by atoms with van der Waals surface area (Å²) in [6.45, 7) is 1.45. The lowest BCUT2D eigenvalue weighted by molar-refractivity contribution is -0.384. The van der Waals surface area contributed by atoms with Gasteiger partial charge in [-0.3, -0.25) is 19.9 Å². The Labute approximate surface area is 203 Å². The molecule has 0 unspecified atom stereocenters. The molecule has 1 aromatic heterocycles. The molecule has 0 saturated carbocycles. The minimum absolute atomic E-state index is 0.0791. The molecule has 0 aliphatic carbocycles. The Kier molecular flexibility index (Phi) is 6.03. The van der Waals surface area contributed by atoms with Gasteiger partial charge in [-0.05, 0) is 36.8 Å². The lowest BCUT2D eigenvalue weighted by atomic mass is 10.2. The highest BCUT2D eigenvalue weighted by Crippen LogP contribution is 2.33. The van der Waals surface area contributed by atoms with Crippen LogP contribution in [0.15, 0.2) is 64.7 Å². The fourth-order valence-corrected chi connectivity index (χ4v) is 4.63. The quantitative estimate of drug-likeness (QED) is 0.417. The second kappa shape index (κ2) is 9.27. The first kappa shape index (κ1) is 22.1. The largest absolute Gasteiger partial charge is 0.325 e. The van der Waals surface area contributed by atoms with Crippen molar-refractivity contribution >= 4 is 57.5 Å². The molecule has 10 nitrogen and oxygen atoms in total. The molecule has 3 aromatic rings. The number of thioether (sulfide) groups is 1. The summed E-state index contributed by atoms with van der Waals surface area (Å²) in [6.07, 6.45) is 2.63. The van der Waals surface area contributed by atoms with Crippen LogP contribution in [0.2, 0.25) is 5.02 Å². The monoisotopic (exact) mass is 495 g/mol. The number of amidine groups is 2. The van der Waals surface area contributed by atoms with E-state index < -0.39 is 4.92 Å². The van der Waals surface area contributed by atoms with Gasteiger partial charge in [-0.15, -0.1) is 0 Å². The number of amides is 1. The molecule has 1 N–H and O–H groups in total. The maximum absolute atomic E-state index is 12.6. The van der Waals surface area contributed by atoms with Crippen molar-refractivity contribution in [1.82, 2.24) is 14.7 Å². The van der Waals surface area contributed by atoms with E-state index in [1.54, 1.807) is 29.1 Å². The Morgan fingerprint density at radius 2 is 2.06 bits per heavy atom. The van der Waals surface area contributed by atoms with E-state index >= 15 is 0 Å². The number of halogens is 1. The average molecular weight is 496 g/mol. The number of fused-ring (bicyclic) bond motifs is 3. The third kappa shape index (κ3) is 4.39. The van der Waals surface area contributed by atoms with Crippen LogP contribution in [0.4, 0.5) is 17.2 Å². The molecule has 2 aliphatic heterocycles. The Bertz CT molecular complexity index is 1340. The van der Waals surface area contributed by atoms with E-state index in [2.05, 4.69) is 10.4 Å². The van der Waals surface area contributed by atoms with Gasteiger partial charge in [-0.2, -0.15) is 5.10 Å². The molecule has 0 saturated heterocycles. The lowest BCUT2D eigenvalue weighted by Crippen LogP contribution is -2.42. The topological polar surface area (TPSA) is 118 Å². The predicted octanol–water partition coefficient (Wildman–Crippen LogP) is 4.26. The molecule has 0 fully saturated rings. The van der Waals surface area contributed by atoms with Gasteiger partial charge in [-0.1, -0.05) is 29.4 Å². The van der Waals surface area contributed by atoms with Gasteiger partial charge in [0.15, 0.2) is 11.0 Å². The summed E-state index contributed by atoms with van der Waals surface area (Å²) in [5.74, 6) is 1.22. The molecule has 2 aromatic carbocycles. The third-order valence-corrected chi connectivity index (χ3v) is 6.45.